The first-order valence-corrected chi connectivity index (χ1v) is 21.9. The first kappa shape index (κ1) is 42.5. The molecule has 8 rings (SSSR count). The van der Waals surface area contributed by atoms with Crippen LogP contribution in [-0.2, 0) is 43.4 Å². The number of Topliss-reactive ketones (excluding diaryl/α,β-unsaturated/α-hetero) is 1. The third kappa shape index (κ3) is 10.2. The zero-order valence-electron chi connectivity index (χ0n) is 34.6. The molecule has 3 saturated heterocycles. The number of unbranched alkanes of at least 4 members (excludes halogenated alkanes) is 4. The zero-order chi connectivity index (χ0) is 42.0. The average molecular weight is 815 g/mol. The van der Waals surface area contributed by atoms with Crippen molar-refractivity contribution in [2.45, 2.75) is 127 Å². The summed E-state index contributed by atoms with van der Waals surface area (Å²) >= 11 is 0. The first-order valence-electron chi connectivity index (χ1n) is 21.9. The predicted octanol–water partition coefficient (Wildman–Crippen LogP) is 5.41. The molecule has 0 radical (unpaired) electrons. The van der Waals surface area contributed by atoms with E-state index in [0.29, 0.717) is 24.0 Å². The number of piperidine rings is 2. The van der Waals surface area contributed by atoms with Crippen LogP contribution in [0, 0.1) is 5.92 Å². The van der Waals surface area contributed by atoms with Gasteiger partial charge in [-0.25, -0.2) is 0 Å². The van der Waals surface area contributed by atoms with Crippen LogP contribution >= 0.6 is 0 Å². The number of carbonyl (C=O) groups excluding carboxylic acids is 6. The Hall–Kier alpha value is -5.62. The van der Waals surface area contributed by atoms with E-state index in [2.05, 4.69) is 28.2 Å². The molecule has 4 aromatic rings. The van der Waals surface area contributed by atoms with Gasteiger partial charge >= 0.3 is 0 Å². The number of amides is 4. The normalized spacial score (nSPS) is 20.6. The Morgan fingerprint density at radius 3 is 2.18 bits per heavy atom. The largest absolute Gasteiger partial charge is 0.344 e. The minimum Gasteiger partial charge on any atom is -0.344 e. The summed E-state index contributed by atoms with van der Waals surface area (Å²) in [5.74, 6) is -1.82. The topological polar surface area (TPSA) is 159 Å². The number of piperazine rings is 1. The SMILES string of the molecule is CCCCCCCC(=O)n1cc(C[C@@H](NC(=O)C[C@@H]2NC(=O)[C@@H]3C4CCC(CC4)N3C2=O)C(=O)N[C@@H](Cc2ccccc2)C(=O)CNCc2ccccc2)c2ccccc21. The van der Waals surface area contributed by atoms with Crippen molar-refractivity contribution in [3.63, 3.8) is 0 Å². The van der Waals surface area contributed by atoms with E-state index in [1.54, 1.807) is 15.7 Å². The van der Waals surface area contributed by atoms with E-state index < -0.39 is 36.0 Å². The maximum atomic E-state index is 14.6. The van der Waals surface area contributed by atoms with Crippen LogP contribution in [0.15, 0.2) is 91.1 Å². The maximum absolute atomic E-state index is 14.6. The van der Waals surface area contributed by atoms with Crippen molar-refractivity contribution >= 4 is 46.2 Å². The Kier molecular flexibility index (Phi) is 14.2. The number of fused-ring (bicyclic) bond motifs is 3. The Balaban J connectivity index is 1.12. The number of para-hydroxylation sites is 1. The van der Waals surface area contributed by atoms with Gasteiger partial charge in [-0.15, -0.1) is 0 Å². The zero-order valence-corrected chi connectivity index (χ0v) is 34.6. The number of hydrogen-bond acceptors (Lipinski definition) is 7. The lowest BCUT2D eigenvalue weighted by Crippen LogP contribution is -2.71. The molecule has 0 spiro atoms. The fourth-order valence-electron chi connectivity index (χ4n) is 9.35. The van der Waals surface area contributed by atoms with Crippen molar-refractivity contribution in [1.29, 1.82) is 0 Å². The summed E-state index contributed by atoms with van der Waals surface area (Å²) in [5, 5.41) is 12.7. The summed E-state index contributed by atoms with van der Waals surface area (Å²) in [6, 6.07) is 23.0. The molecule has 4 N–H and O–H groups in total. The highest BCUT2D eigenvalue weighted by atomic mass is 16.2. The lowest BCUT2D eigenvalue weighted by atomic mass is 9.73. The highest BCUT2D eigenvalue weighted by Gasteiger charge is 2.52. The quantitative estimate of drug-likeness (QED) is 0.0869. The molecule has 4 aliphatic rings. The highest BCUT2D eigenvalue weighted by Crippen LogP contribution is 2.41. The second-order valence-corrected chi connectivity index (χ2v) is 16.8. The van der Waals surface area contributed by atoms with Gasteiger partial charge in [-0.3, -0.25) is 33.3 Å². The maximum Gasteiger partial charge on any atom is 0.246 e. The number of benzene rings is 3. The minimum absolute atomic E-state index is 0.000575. The van der Waals surface area contributed by atoms with Gasteiger partial charge in [0.05, 0.1) is 24.5 Å². The van der Waals surface area contributed by atoms with Crippen molar-refractivity contribution in [3.05, 3.63) is 108 Å². The molecule has 12 heteroatoms. The second-order valence-electron chi connectivity index (χ2n) is 16.8. The molecule has 1 saturated carbocycles. The van der Waals surface area contributed by atoms with Gasteiger partial charge in [-0.2, -0.15) is 0 Å². The molecule has 4 fully saturated rings. The van der Waals surface area contributed by atoms with E-state index in [-0.39, 0.29) is 61.3 Å². The number of carbonyl (C=O) groups is 6. The number of nitrogens with zero attached hydrogens (tertiary/aromatic N) is 2. The highest BCUT2D eigenvalue weighted by molar-refractivity contribution is 6.01. The van der Waals surface area contributed by atoms with Crippen molar-refractivity contribution in [1.82, 2.24) is 30.7 Å². The van der Waals surface area contributed by atoms with Crippen molar-refractivity contribution in [2.75, 3.05) is 6.54 Å². The molecule has 3 aliphatic heterocycles. The summed E-state index contributed by atoms with van der Waals surface area (Å²) in [5.41, 5.74) is 3.25. The third-order valence-electron chi connectivity index (χ3n) is 12.5. The molecular weight excluding hydrogens is 757 g/mol. The van der Waals surface area contributed by atoms with Gasteiger partial charge in [0.2, 0.25) is 29.5 Å². The lowest BCUT2D eigenvalue weighted by Gasteiger charge is -2.53. The van der Waals surface area contributed by atoms with Gasteiger partial charge in [0.15, 0.2) is 5.78 Å². The van der Waals surface area contributed by atoms with Crippen LogP contribution in [0.25, 0.3) is 10.9 Å². The van der Waals surface area contributed by atoms with Crippen LogP contribution < -0.4 is 21.3 Å². The standard InChI is InChI=1S/C48H58N6O6/c1-2-3-4-5-12-21-44(57)53-31-35(37-19-13-14-20-41(37)53)27-39(50-43(56)28-40-48(60)54-36-24-22-34(23-25-36)45(54)47(59)52-40)46(58)51-38(26-32-15-8-6-9-16-32)42(55)30-49-29-33-17-10-7-11-18-33/h6-11,13-20,31,34,36,38-40,45,49H,2-5,12,21-30H2,1H3,(H,50,56)(H,51,58)(H,52,59)/t34?,36?,38-,39+,40-,45-/m0/s1. The molecular formula is C48H58N6O6. The molecule has 4 amide bonds. The summed E-state index contributed by atoms with van der Waals surface area (Å²) in [7, 11) is 0. The fraction of sp³-hybridized carbons (Fsp3) is 0.458. The van der Waals surface area contributed by atoms with Gasteiger partial charge in [-0.05, 0) is 67.2 Å². The fourth-order valence-corrected chi connectivity index (χ4v) is 9.35. The molecule has 12 nitrogen and oxygen atoms in total. The van der Waals surface area contributed by atoms with Crippen molar-refractivity contribution in [3.8, 4) is 0 Å². The first-order chi connectivity index (χ1) is 29.2. The van der Waals surface area contributed by atoms with Crippen molar-refractivity contribution < 1.29 is 28.8 Å². The van der Waals surface area contributed by atoms with Gasteiger partial charge in [-0.1, -0.05) is 111 Å². The van der Waals surface area contributed by atoms with Crippen molar-refractivity contribution in [2.24, 2.45) is 5.92 Å². The van der Waals surface area contributed by atoms with Crippen LogP contribution in [0.1, 0.15) is 99.0 Å². The van der Waals surface area contributed by atoms with Crippen LogP contribution in [0.4, 0.5) is 0 Å². The van der Waals surface area contributed by atoms with Crippen LogP contribution in [0.5, 0.6) is 0 Å². The molecule has 1 aromatic heterocycles. The van der Waals surface area contributed by atoms with Gasteiger partial charge in [0.1, 0.15) is 18.1 Å². The molecule has 0 unspecified atom stereocenters. The van der Waals surface area contributed by atoms with E-state index in [4.69, 9.17) is 0 Å². The molecule has 1 aliphatic carbocycles. The Bertz CT molecular complexity index is 2150. The minimum atomic E-state index is -1.18. The second kappa shape index (κ2) is 20.1. The Morgan fingerprint density at radius 2 is 1.45 bits per heavy atom. The van der Waals surface area contributed by atoms with Crippen LogP contribution in [-0.4, -0.2) is 81.5 Å². The number of nitrogens with one attached hydrogen (secondary N) is 4. The predicted molar refractivity (Wildman–Crippen MR) is 230 cm³/mol. The Labute approximate surface area is 352 Å². The number of rotatable bonds is 20. The average Bonchev–Trinajstić information content (AvgIpc) is 3.63. The third-order valence-corrected chi connectivity index (χ3v) is 12.5. The molecule has 3 aromatic carbocycles. The molecule has 316 valence electrons. The molecule has 2 bridgehead atoms. The van der Waals surface area contributed by atoms with Gasteiger partial charge in [0, 0.05) is 37.0 Å². The van der Waals surface area contributed by atoms with Crippen LogP contribution in [0.3, 0.4) is 0 Å². The molecule has 4 atom stereocenters. The van der Waals surface area contributed by atoms with Gasteiger partial charge < -0.3 is 26.2 Å². The summed E-state index contributed by atoms with van der Waals surface area (Å²) < 4.78 is 1.64. The van der Waals surface area contributed by atoms with E-state index in [9.17, 15) is 28.8 Å². The van der Waals surface area contributed by atoms with Crippen LogP contribution in [0.2, 0.25) is 0 Å². The van der Waals surface area contributed by atoms with E-state index >= 15 is 0 Å². The lowest BCUT2D eigenvalue weighted by molar-refractivity contribution is -0.163. The summed E-state index contributed by atoms with van der Waals surface area (Å²) in [4.78, 5) is 84.9. The molecule has 60 heavy (non-hydrogen) atoms. The summed E-state index contributed by atoms with van der Waals surface area (Å²) in [6.45, 7) is 2.62. The number of aromatic nitrogens is 1. The van der Waals surface area contributed by atoms with E-state index in [1.807, 2.05) is 84.9 Å². The van der Waals surface area contributed by atoms with E-state index in [0.717, 1.165) is 74.3 Å². The summed E-state index contributed by atoms with van der Waals surface area (Å²) in [6.07, 6.45) is 10.6. The van der Waals surface area contributed by atoms with Gasteiger partial charge in [0.25, 0.3) is 0 Å². The van der Waals surface area contributed by atoms with E-state index in [1.165, 1.54) is 0 Å². The molecule has 4 heterocycles. The number of hydrogen-bond donors (Lipinski definition) is 4. The Morgan fingerprint density at radius 1 is 0.767 bits per heavy atom. The number of ketones is 1. The monoisotopic (exact) mass is 814 g/mol. The smallest absolute Gasteiger partial charge is 0.246 e.